The first-order chi connectivity index (χ1) is 8.09. The van der Waals surface area contributed by atoms with Gasteiger partial charge >= 0.3 is 0 Å². The van der Waals surface area contributed by atoms with Crippen LogP contribution in [0.5, 0.6) is 0 Å². The topological polar surface area (TPSA) is 34.5 Å². The van der Waals surface area contributed by atoms with Crippen molar-refractivity contribution in [2.75, 3.05) is 32.8 Å². The van der Waals surface area contributed by atoms with Gasteiger partial charge in [0.1, 0.15) is 0 Å². The summed E-state index contributed by atoms with van der Waals surface area (Å²) in [5.41, 5.74) is 3.05. The van der Waals surface area contributed by atoms with Crippen molar-refractivity contribution < 1.29 is 9.53 Å². The molecule has 0 bridgehead atoms. The molecule has 0 unspecified atom stereocenters. The average molecular weight is 236 g/mol. The van der Waals surface area contributed by atoms with Crippen LogP contribution in [0, 0.1) is 13.8 Å². The quantitative estimate of drug-likeness (QED) is 0.739. The van der Waals surface area contributed by atoms with E-state index >= 15 is 0 Å². The molecule has 1 aliphatic heterocycles. The standard InChI is InChI=1S/C13H20N2O2/c1-10-8-12(11(2)14(10)3)13(16)9-15-4-6-17-7-5-15/h8H,4-7,9H2,1-3H3. The number of ketones is 1. The maximum absolute atomic E-state index is 12.2. The van der Waals surface area contributed by atoms with Crippen LogP contribution in [0.4, 0.5) is 0 Å². The second-order valence-electron chi connectivity index (χ2n) is 4.66. The van der Waals surface area contributed by atoms with E-state index in [1.807, 2.05) is 27.0 Å². The molecular weight excluding hydrogens is 216 g/mol. The van der Waals surface area contributed by atoms with Gasteiger partial charge in [0.15, 0.2) is 5.78 Å². The minimum absolute atomic E-state index is 0.216. The number of hydrogen-bond acceptors (Lipinski definition) is 3. The van der Waals surface area contributed by atoms with Crippen molar-refractivity contribution in [2.24, 2.45) is 7.05 Å². The Bertz CT molecular complexity index is 417. The maximum Gasteiger partial charge on any atom is 0.178 e. The second-order valence-corrected chi connectivity index (χ2v) is 4.66. The first kappa shape index (κ1) is 12.3. The van der Waals surface area contributed by atoms with Gasteiger partial charge < -0.3 is 9.30 Å². The molecule has 4 nitrogen and oxygen atoms in total. The molecule has 2 heterocycles. The highest BCUT2D eigenvalue weighted by Gasteiger charge is 2.18. The summed E-state index contributed by atoms with van der Waals surface area (Å²) in [5, 5.41) is 0. The van der Waals surface area contributed by atoms with E-state index in [2.05, 4.69) is 9.47 Å². The molecule has 1 aliphatic rings. The van der Waals surface area contributed by atoms with Crippen LogP contribution in [-0.4, -0.2) is 48.1 Å². The Balaban J connectivity index is 2.06. The van der Waals surface area contributed by atoms with Gasteiger partial charge in [-0.25, -0.2) is 0 Å². The lowest BCUT2D eigenvalue weighted by Gasteiger charge is -2.25. The predicted molar refractivity (Wildman–Crippen MR) is 66.5 cm³/mol. The van der Waals surface area contributed by atoms with E-state index in [0.717, 1.165) is 43.3 Å². The van der Waals surface area contributed by atoms with Gasteiger partial charge in [0, 0.05) is 37.1 Å². The number of ether oxygens (including phenoxy) is 1. The highest BCUT2D eigenvalue weighted by atomic mass is 16.5. The predicted octanol–water partition coefficient (Wildman–Crippen LogP) is 1.16. The number of carbonyl (C=O) groups excluding carboxylic acids is 1. The largest absolute Gasteiger partial charge is 0.379 e. The van der Waals surface area contributed by atoms with E-state index in [4.69, 9.17) is 4.74 Å². The van der Waals surface area contributed by atoms with E-state index in [-0.39, 0.29) is 5.78 Å². The summed E-state index contributed by atoms with van der Waals surface area (Å²) in [5.74, 6) is 0.216. The minimum Gasteiger partial charge on any atom is -0.379 e. The SMILES string of the molecule is Cc1cc(C(=O)CN2CCOCC2)c(C)n1C. The molecule has 0 amide bonds. The molecular formula is C13H20N2O2. The molecule has 0 aliphatic carbocycles. The van der Waals surface area contributed by atoms with Gasteiger partial charge in [-0.15, -0.1) is 0 Å². The van der Waals surface area contributed by atoms with E-state index in [1.165, 1.54) is 0 Å². The zero-order chi connectivity index (χ0) is 12.4. The number of rotatable bonds is 3. The Morgan fingerprint density at radius 3 is 2.53 bits per heavy atom. The molecule has 1 aromatic heterocycles. The van der Waals surface area contributed by atoms with Crippen LogP contribution in [0.3, 0.4) is 0 Å². The lowest BCUT2D eigenvalue weighted by molar-refractivity contribution is 0.0371. The van der Waals surface area contributed by atoms with Crippen molar-refractivity contribution in [2.45, 2.75) is 13.8 Å². The number of aromatic nitrogens is 1. The van der Waals surface area contributed by atoms with Crippen molar-refractivity contribution in [1.29, 1.82) is 0 Å². The average Bonchev–Trinajstić information content (AvgIpc) is 2.58. The fourth-order valence-corrected chi connectivity index (χ4v) is 2.19. The smallest absolute Gasteiger partial charge is 0.178 e. The van der Waals surface area contributed by atoms with Crippen LogP contribution in [-0.2, 0) is 11.8 Å². The van der Waals surface area contributed by atoms with Crippen LogP contribution in [0.15, 0.2) is 6.07 Å². The van der Waals surface area contributed by atoms with Gasteiger partial charge in [-0.1, -0.05) is 0 Å². The van der Waals surface area contributed by atoms with Crippen LogP contribution < -0.4 is 0 Å². The Hall–Kier alpha value is -1.13. The summed E-state index contributed by atoms with van der Waals surface area (Å²) in [7, 11) is 2.00. The number of aryl methyl sites for hydroxylation is 1. The minimum atomic E-state index is 0.216. The van der Waals surface area contributed by atoms with Gasteiger partial charge in [-0.3, -0.25) is 9.69 Å². The number of carbonyl (C=O) groups is 1. The Morgan fingerprint density at radius 1 is 1.35 bits per heavy atom. The molecule has 0 atom stereocenters. The highest BCUT2D eigenvalue weighted by Crippen LogP contribution is 2.14. The fourth-order valence-electron chi connectivity index (χ4n) is 2.19. The Morgan fingerprint density at radius 2 is 2.00 bits per heavy atom. The van der Waals surface area contributed by atoms with E-state index in [0.29, 0.717) is 6.54 Å². The van der Waals surface area contributed by atoms with Crippen LogP contribution in [0.25, 0.3) is 0 Å². The molecule has 0 aromatic carbocycles. The first-order valence-electron chi connectivity index (χ1n) is 6.06. The molecule has 94 valence electrons. The zero-order valence-corrected chi connectivity index (χ0v) is 10.8. The number of nitrogens with zero attached hydrogens (tertiary/aromatic N) is 2. The van der Waals surface area contributed by atoms with Gasteiger partial charge in [-0.2, -0.15) is 0 Å². The Kier molecular flexibility index (Phi) is 3.64. The number of hydrogen-bond donors (Lipinski definition) is 0. The molecule has 0 N–H and O–H groups in total. The molecule has 1 saturated heterocycles. The van der Waals surface area contributed by atoms with E-state index in [1.54, 1.807) is 0 Å². The van der Waals surface area contributed by atoms with Crippen molar-refractivity contribution >= 4 is 5.78 Å². The molecule has 17 heavy (non-hydrogen) atoms. The first-order valence-corrected chi connectivity index (χ1v) is 6.06. The third kappa shape index (κ3) is 2.58. The molecule has 4 heteroatoms. The summed E-state index contributed by atoms with van der Waals surface area (Å²) < 4.78 is 7.34. The van der Waals surface area contributed by atoms with Gasteiger partial charge in [0.05, 0.1) is 19.8 Å². The summed E-state index contributed by atoms with van der Waals surface area (Å²) in [6.45, 7) is 7.72. The van der Waals surface area contributed by atoms with Crippen LogP contribution >= 0.6 is 0 Å². The third-order valence-corrected chi connectivity index (χ3v) is 3.55. The number of morpholine rings is 1. The van der Waals surface area contributed by atoms with E-state index < -0.39 is 0 Å². The second kappa shape index (κ2) is 5.02. The summed E-state index contributed by atoms with van der Waals surface area (Å²) in [6.07, 6.45) is 0. The lowest BCUT2D eigenvalue weighted by atomic mass is 10.1. The summed E-state index contributed by atoms with van der Waals surface area (Å²) >= 11 is 0. The normalized spacial score (nSPS) is 17.4. The lowest BCUT2D eigenvalue weighted by Crippen LogP contribution is -2.39. The van der Waals surface area contributed by atoms with Crippen LogP contribution in [0.2, 0.25) is 0 Å². The van der Waals surface area contributed by atoms with Gasteiger partial charge in [0.2, 0.25) is 0 Å². The highest BCUT2D eigenvalue weighted by molar-refractivity contribution is 5.99. The fraction of sp³-hybridized carbons (Fsp3) is 0.615. The van der Waals surface area contributed by atoms with Gasteiger partial charge in [-0.05, 0) is 19.9 Å². The van der Waals surface area contributed by atoms with Crippen LogP contribution in [0.1, 0.15) is 21.7 Å². The molecule has 1 aromatic rings. The molecule has 2 rings (SSSR count). The molecule has 0 radical (unpaired) electrons. The molecule has 0 saturated carbocycles. The van der Waals surface area contributed by atoms with Crippen molar-refractivity contribution in [3.05, 3.63) is 23.0 Å². The summed E-state index contributed by atoms with van der Waals surface area (Å²) in [6, 6.07) is 1.98. The molecule has 0 spiro atoms. The van der Waals surface area contributed by atoms with Crippen molar-refractivity contribution in [1.82, 2.24) is 9.47 Å². The van der Waals surface area contributed by atoms with E-state index in [9.17, 15) is 4.79 Å². The summed E-state index contributed by atoms with van der Waals surface area (Å²) in [4.78, 5) is 14.4. The maximum atomic E-state index is 12.2. The van der Waals surface area contributed by atoms with Crippen molar-refractivity contribution in [3.63, 3.8) is 0 Å². The van der Waals surface area contributed by atoms with Crippen molar-refractivity contribution in [3.8, 4) is 0 Å². The Labute approximate surface area is 102 Å². The third-order valence-electron chi connectivity index (χ3n) is 3.55. The zero-order valence-electron chi connectivity index (χ0n) is 10.8. The molecule has 1 fully saturated rings. The number of Topliss-reactive ketones (excluding diaryl/α,β-unsaturated/α-hetero) is 1. The monoisotopic (exact) mass is 236 g/mol. The van der Waals surface area contributed by atoms with Gasteiger partial charge in [0.25, 0.3) is 0 Å².